The maximum atomic E-state index is 10.7. The lowest BCUT2D eigenvalue weighted by molar-refractivity contribution is 0.0467. The van der Waals surface area contributed by atoms with Crippen molar-refractivity contribution in [2.24, 2.45) is 11.8 Å². The van der Waals surface area contributed by atoms with E-state index in [1.807, 2.05) is 6.08 Å². The first-order valence-corrected chi connectivity index (χ1v) is 17.7. The fraction of sp³-hybridized carbons (Fsp3) is 0.769. The highest BCUT2D eigenvalue weighted by Gasteiger charge is 2.45. The monoisotopic (exact) mass is 464 g/mol. The van der Waals surface area contributed by atoms with Crippen molar-refractivity contribution in [1.82, 2.24) is 0 Å². The molecule has 0 amide bonds. The molecule has 5 heteroatoms. The summed E-state index contributed by atoms with van der Waals surface area (Å²) in [7, 11) is -3.35. The van der Waals surface area contributed by atoms with Crippen LogP contribution in [0.2, 0.25) is 36.3 Å². The predicted octanol–water partition coefficient (Wildman–Crippen LogP) is 6.31. The maximum absolute atomic E-state index is 10.7. The molecule has 0 heterocycles. The molecule has 0 saturated carbocycles. The highest BCUT2D eigenvalue weighted by molar-refractivity contribution is 6.83. The van der Waals surface area contributed by atoms with Crippen molar-refractivity contribution in [1.29, 1.82) is 0 Å². The Hall–Kier alpha value is -0.646. The van der Waals surface area contributed by atoms with E-state index in [2.05, 4.69) is 91.7 Å². The quantitative estimate of drug-likeness (QED) is 0.294. The van der Waals surface area contributed by atoms with Crippen molar-refractivity contribution in [2.45, 2.75) is 110 Å². The first kappa shape index (κ1) is 28.4. The molecule has 0 aromatic rings. The van der Waals surface area contributed by atoms with Crippen LogP contribution in [-0.2, 0) is 4.43 Å². The maximum Gasteiger partial charge on any atom is 0.200 e. The van der Waals surface area contributed by atoms with Gasteiger partial charge in [0.25, 0.3) is 0 Å². The molecule has 0 spiro atoms. The largest absolute Gasteiger partial charge is 0.416 e. The summed E-state index contributed by atoms with van der Waals surface area (Å²) in [5, 5.41) is 21.2. The van der Waals surface area contributed by atoms with Gasteiger partial charge in [-0.1, -0.05) is 86.3 Å². The van der Waals surface area contributed by atoms with Crippen molar-refractivity contribution >= 4 is 16.4 Å². The van der Waals surface area contributed by atoms with Crippen molar-refractivity contribution in [2.75, 3.05) is 6.61 Å². The van der Waals surface area contributed by atoms with E-state index in [1.54, 1.807) is 0 Å². The van der Waals surface area contributed by atoms with E-state index in [0.29, 0.717) is 34.9 Å². The Balaban J connectivity index is 2.85. The molecule has 0 aromatic carbocycles. The number of aliphatic hydroxyl groups excluding tert-OH is 2. The molecule has 4 atom stereocenters. The van der Waals surface area contributed by atoms with Crippen LogP contribution < -0.4 is 0 Å². The first-order valence-electron chi connectivity index (χ1n) is 12.1. The average Bonchev–Trinajstić information content (AvgIpc) is 2.65. The predicted molar refractivity (Wildman–Crippen MR) is 139 cm³/mol. The third-order valence-corrected chi connectivity index (χ3v) is 13.6. The molecule has 0 radical (unpaired) electrons. The van der Waals surface area contributed by atoms with Crippen LogP contribution in [0.1, 0.15) is 61.3 Å². The van der Waals surface area contributed by atoms with Crippen molar-refractivity contribution in [3.63, 3.8) is 0 Å². The van der Waals surface area contributed by atoms with Crippen molar-refractivity contribution in [3.8, 4) is 11.5 Å². The highest BCUT2D eigenvalue weighted by atomic mass is 28.4. The minimum absolute atomic E-state index is 0.311. The molecule has 0 aromatic heterocycles. The van der Waals surface area contributed by atoms with Crippen LogP contribution in [0, 0.1) is 23.3 Å². The number of aliphatic hydroxyl groups is 2. The summed E-state index contributed by atoms with van der Waals surface area (Å²) >= 11 is 0. The molecule has 0 fully saturated rings. The fourth-order valence-electron chi connectivity index (χ4n) is 4.98. The molecule has 3 nitrogen and oxygen atoms in total. The SMILES string of the molecule is CC(C)[Si](OC[C@@H](C)[C@@H]1C=C([C@@H](O)[C@H](O)CC#C[Si](C)(C)C)C=CC1)(C(C)C)C(C)C. The van der Waals surface area contributed by atoms with E-state index >= 15 is 0 Å². The van der Waals surface area contributed by atoms with Crippen molar-refractivity contribution in [3.05, 3.63) is 23.8 Å². The number of hydrogen-bond donors (Lipinski definition) is 2. The Labute approximate surface area is 194 Å². The van der Waals surface area contributed by atoms with Gasteiger partial charge in [0.2, 0.25) is 0 Å². The van der Waals surface area contributed by atoms with Gasteiger partial charge in [-0.05, 0) is 40.5 Å². The van der Waals surface area contributed by atoms with Crippen LogP contribution in [0.5, 0.6) is 0 Å². The van der Waals surface area contributed by atoms with Gasteiger partial charge in [0.1, 0.15) is 14.2 Å². The number of rotatable bonds is 10. The minimum atomic E-state index is -1.88. The zero-order valence-electron chi connectivity index (χ0n) is 21.7. The highest BCUT2D eigenvalue weighted by Crippen LogP contribution is 2.43. The van der Waals surface area contributed by atoms with Gasteiger partial charge in [0.15, 0.2) is 8.32 Å². The molecule has 2 N–H and O–H groups in total. The summed E-state index contributed by atoms with van der Waals surface area (Å²) in [6, 6.07) is 0. The second kappa shape index (κ2) is 12.0. The lowest BCUT2D eigenvalue weighted by atomic mass is 9.84. The van der Waals surface area contributed by atoms with Crippen LogP contribution >= 0.6 is 0 Å². The molecule has 178 valence electrons. The Morgan fingerprint density at radius 1 is 1.00 bits per heavy atom. The van der Waals surface area contributed by atoms with Gasteiger partial charge in [-0.2, -0.15) is 0 Å². The topological polar surface area (TPSA) is 49.7 Å². The Morgan fingerprint density at radius 2 is 1.55 bits per heavy atom. The summed E-state index contributed by atoms with van der Waals surface area (Å²) in [5.74, 6) is 3.76. The van der Waals surface area contributed by atoms with Gasteiger partial charge in [0, 0.05) is 13.0 Å². The lowest BCUT2D eigenvalue weighted by Crippen LogP contribution is -2.48. The summed E-state index contributed by atoms with van der Waals surface area (Å²) in [6.07, 6.45) is 5.75. The van der Waals surface area contributed by atoms with Crippen LogP contribution in [0.25, 0.3) is 0 Å². The lowest BCUT2D eigenvalue weighted by Gasteiger charge is -2.43. The zero-order valence-corrected chi connectivity index (χ0v) is 23.7. The van der Waals surface area contributed by atoms with Gasteiger partial charge in [-0.15, -0.1) is 11.5 Å². The van der Waals surface area contributed by atoms with E-state index in [9.17, 15) is 10.2 Å². The van der Waals surface area contributed by atoms with E-state index in [4.69, 9.17) is 4.43 Å². The van der Waals surface area contributed by atoms with Gasteiger partial charge in [-0.25, -0.2) is 0 Å². The van der Waals surface area contributed by atoms with Gasteiger partial charge in [-0.3, -0.25) is 0 Å². The zero-order chi connectivity index (χ0) is 24.0. The van der Waals surface area contributed by atoms with Crippen LogP contribution in [0.15, 0.2) is 23.8 Å². The van der Waals surface area contributed by atoms with Crippen LogP contribution in [-0.4, -0.2) is 45.4 Å². The smallest absolute Gasteiger partial charge is 0.200 e. The summed E-state index contributed by atoms with van der Waals surface area (Å²) in [6.45, 7) is 23.5. The molecule has 1 aliphatic carbocycles. The molecule has 0 saturated heterocycles. The fourth-order valence-corrected chi connectivity index (χ4v) is 11.2. The summed E-state index contributed by atoms with van der Waals surface area (Å²) < 4.78 is 6.82. The molecule has 0 bridgehead atoms. The van der Waals surface area contributed by atoms with Gasteiger partial charge in [0.05, 0.1) is 6.10 Å². The van der Waals surface area contributed by atoms with E-state index in [0.717, 1.165) is 18.6 Å². The Bertz CT molecular complexity index is 655. The molecule has 0 aliphatic heterocycles. The van der Waals surface area contributed by atoms with Crippen LogP contribution in [0.4, 0.5) is 0 Å². The van der Waals surface area contributed by atoms with E-state index in [1.165, 1.54) is 0 Å². The third kappa shape index (κ3) is 8.01. The summed E-state index contributed by atoms with van der Waals surface area (Å²) in [5.41, 5.74) is 5.80. The molecule has 1 aliphatic rings. The van der Waals surface area contributed by atoms with E-state index < -0.39 is 28.6 Å². The molecular formula is C26H48O3Si2. The van der Waals surface area contributed by atoms with Gasteiger partial charge < -0.3 is 14.6 Å². The standard InChI is InChI=1S/C26H48O3Si2/c1-19(2)31(20(3)4,21(5)6)29-18-22(7)23-13-11-14-24(17-23)26(28)25(27)15-12-16-30(8,9)10/h11,14,17,19-23,25-28H,13,15,18H2,1-10H3/t22-,23+,25-,26-/m1/s1. The first-order chi connectivity index (χ1) is 14.2. The Morgan fingerprint density at radius 3 is 2.03 bits per heavy atom. The second-order valence-electron chi connectivity index (χ2n) is 11.3. The summed E-state index contributed by atoms with van der Waals surface area (Å²) in [4.78, 5) is 0. The average molecular weight is 465 g/mol. The normalized spacial score (nSPS) is 20.5. The second-order valence-corrected chi connectivity index (χ2v) is 21.6. The van der Waals surface area contributed by atoms with Gasteiger partial charge >= 0.3 is 0 Å². The third-order valence-electron chi connectivity index (χ3n) is 6.64. The number of hydrogen-bond acceptors (Lipinski definition) is 3. The molecule has 0 unspecified atom stereocenters. The molecular weight excluding hydrogens is 416 g/mol. The Kier molecular flexibility index (Phi) is 11.0. The van der Waals surface area contributed by atoms with Crippen molar-refractivity contribution < 1.29 is 14.6 Å². The molecule has 31 heavy (non-hydrogen) atoms. The van der Waals surface area contributed by atoms with Crippen LogP contribution in [0.3, 0.4) is 0 Å². The number of allylic oxidation sites excluding steroid dienone is 2. The molecule has 1 rings (SSSR count). The van der Waals surface area contributed by atoms with E-state index in [-0.39, 0.29) is 0 Å². The minimum Gasteiger partial charge on any atom is -0.416 e.